The maximum atomic E-state index is 13.4. The molecule has 0 aliphatic carbocycles. The van der Waals surface area contributed by atoms with Crippen molar-refractivity contribution in [3.8, 4) is 0 Å². The quantitative estimate of drug-likeness (QED) is 0.421. The van der Waals surface area contributed by atoms with E-state index in [1.165, 1.54) is 17.0 Å². The molecule has 0 spiro atoms. The monoisotopic (exact) mass is 325 g/mol. The van der Waals surface area contributed by atoms with Gasteiger partial charge in [-0.1, -0.05) is 12.2 Å². The van der Waals surface area contributed by atoms with Gasteiger partial charge < -0.3 is 25.8 Å². The van der Waals surface area contributed by atoms with Crippen LogP contribution in [0.15, 0.2) is 18.5 Å². The Hall–Kier alpha value is -2.14. The van der Waals surface area contributed by atoms with Crippen molar-refractivity contribution in [3.05, 3.63) is 24.6 Å². The lowest BCUT2D eigenvalue weighted by atomic mass is 9.95. The molecule has 0 amide bonds. The number of anilines is 1. The van der Waals surface area contributed by atoms with E-state index in [1.54, 1.807) is 13.0 Å². The molecule has 2 aromatic heterocycles. The van der Waals surface area contributed by atoms with E-state index in [2.05, 4.69) is 15.0 Å². The lowest BCUT2D eigenvalue weighted by molar-refractivity contribution is -0.0972. The van der Waals surface area contributed by atoms with E-state index < -0.39 is 36.7 Å². The second kappa shape index (κ2) is 5.49. The Bertz CT molecular complexity index is 766. The predicted octanol–water partition coefficient (Wildman–Crippen LogP) is -0.895. The highest BCUT2D eigenvalue weighted by Crippen LogP contribution is 2.39. The standard InChI is InChI=1S/C13H16FN5O4/c1-2-3-13(4-20)8(22)7(21)11(23-13)19-5-16-6-9(15)17-12(14)18-10(6)19/h2-3,5,7-8,11,20-22H,4H2,1H3,(H2,15,17,18)/b3-2+/t7-,8+,11-,13-/m1/s1. The molecule has 0 unspecified atom stereocenters. The first kappa shape index (κ1) is 15.7. The third-order valence-electron chi connectivity index (χ3n) is 3.85. The molecule has 3 heterocycles. The van der Waals surface area contributed by atoms with Crippen LogP contribution in [0.1, 0.15) is 13.2 Å². The first-order chi connectivity index (χ1) is 10.9. The maximum Gasteiger partial charge on any atom is 0.312 e. The molecule has 124 valence electrons. The Balaban J connectivity index is 2.09. The van der Waals surface area contributed by atoms with Crippen LogP contribution in [0.5, 0.6) is 0 Å². The number of nitrogens with two attached hydrogens (primary N) is 1. The van der Waals surface area contributed by atoms with Gasteiger partial charge in [-0.05, 0) is 6.92 Å². The Labute approximate surface area is 129 Å². The second-order valence-corrected chi connectivity index (χ2v) is 5.26. The van der Waals surface area contributed by atoms with Crippen LogP contribution >= 0.6 is 0 Å². The summed E-state index contributed by atoms with van der Waals surface area (Å²) < 4.78 is 20.3. The van der Waals surface area contributed by atoms with Gasteiger partial charge in [-0.25, -0.2) is 4.98 Å². The number of halogens is 1. The van der Waals surface area contributed by atoms with E-state index in [-0.39, 0.29) is 17.0 Å². The van der Waals surface area contributed by atoms with E-state index in [4.69, 9.17) is 10.5 Å². The fraction of sp³-hybridized carbons (Fsp3) is 0.462. The van der Waals surface area contributed by atoms with Gasteiger partial charge >= 0.3 is 6.08 Å². The van der Waals surface area contributed by atoms with Crippen LogP contribution in [-0.2, 0) is 4.74 Å². The number of imidazole rings is 1. The number of nitrogen functional groups attached to an aromatic ring is 1. The lowest BCUT2D eigenvalue weighted by Gasteiger charge is -2.26. The van der Waals surface area contributed by atoms with Crippen LogP contribution in [-0.4, -0.2) is 59.3 Å². The molecular weight excluding hydrogens is 309 g/mol. The van der Waals surface area contributed by atoms with Gasteiger partial charge in [0.05, 0.1) is 12.9 Å². The lowest BCUT2D eigenvalue weighted by Crippen LogP contribution is -2.44. The molecule has 0 radical (unpaired) electrons. The fourth-order valence-electron chi connectivity index (χ4n) is 2.73. The molecule has 5 N–H and O–H groups in total. The van der Waals surface area contributed by atoms with Gasteiger partial charge in [0.2, 0.25) is 0 Å². The van der Waals surface area contributed by atoms with E-state index in [0.717, 1.165) is 0 Å². The van der Waals surface area contributed by atoms with Gasteiger partial charge in [0, 0.05) is 0 Å². The summed E-state index contributed by atoms with van der Waals surface area (Å²) in [6.45, 7) is 1.13. The average molecular weight is 325 g/mol. The second-order valence-electron chi connectivity index (χ2n) is 5.26. The van der Waals surface area contributed by atoms with Gasteiger partial charge in [-0.2, -0.15) is 14.4 Å². The summed E-state index contributed by atoms with van der Waals surface area (Å²) in [5, 5.41) is 30.1. The molecule has 9 nitrogen and oxygen atoms in total. The number of hydrogen-bond donors (Lipinski definition) is 4. The number of fused-ring (bicyclic) bond motifs is 1. The molecule has 1 saturated heterocycles. The Morgan fingerprint density at radius 1 is 1.48 bits per heavy atom. The number of nitrogens with zero attached hydrogens (tertiary/aromatic N) is 4. The molecule has 0 aromatic carbocycles. The Kier molecular flexibility index (Phi) is 3.76. The molecule has 1 fully saturated rings. The normalized spacial score (nSPS) is 31.4. The zero-order chi connectivity index (χ0) is 16.8. The summed E-state index contributed by atoms with van der Waals surface area (Å²) in [7, 11) is 0. The number of allylic oxidation sites excluding steroid dienone is 1. The summed E-state index contributed by atoms with van der Waals surface area (Å²) >= 11 is 0. The van der Waals surface area contributed by atoms with Gasteiger partial charge in [0.25, 0.3) is 0 Å². The molecular formula is C13H16FN5O4. The molecule has 4 atom stereocenters. The van der Waals surface area contributed by atoms with Gasteiger partial charge in [-0.3, -0.25) is 4.57 Å². The van der Waals surface area contributed by atoms with Crippen molar-refractivity contribution in [3.63, 3.8) is 0 Å². The molecule has 1 aliphatic heterocycles. The summed E-state index contributed by atoms with van der Waals surface area (Å²) in [5.41, 5.74) is 4.26. The van der Waals surface area contributed by atoms with Crippen molar-refractivity contribution in [1.29, 1.82) is 0 Å². The molecule has 23 heavy (non-hydrogen) atoms. The number of hydrogen-bond acceptors (Lipinski definition) is 8. The van der Waals surface area contributed by atoms with Crippen molar-refractivity contribution in [2.24, 2.45) is 0 Å². The molecule has 3 rings (SSSR count). The SMILES string of the molecule is C/C=C/[C@]1(CO)O[C@@H](n2cnc3c(N)nc(F)nc32)[C@H](O)[C@@H]1O. The third kappa shape index (κ3) is 2.27. The molecule has 2 aromatic rings. The van der Waals surface area contributed by atoms with Crippen molar-refractivity contribution in [2.75, 3.05) is 12.3 Å². The van der Waals surface area contributed by atoms with Crippen LogP contribution in [0.3, 0.4) is 0 Å². The third-order valence-corrected chi connectivity index (χ3v) is 3.85. The summed E-state index contributed by atoms with van der Waals surface area (Å²) in [4.78, 5) is 11.0. The Morgan fingerprint density at radius 2 is 2.22 bits per heavy atom. The zero-order valence-corrected chi connectivity index (χ0v) is 12.2. The molecule has 10 heteroatoms. The summed E-state index contributed by atoms with van der Waals surface area (Å²) in [6, 6.07) is 0. The van der Waals surface area contributed by atoms with Crippen molar-refractivity contribution in [2.45, 2.75) is 31.0 Å². The van der Waals surface area contributed by atoms with Gasteiger partial charge in [0.15, 0.2) is 23.2 Å². The van der Waals surface area contributed by atoms with Crippen LogP contribution in [0, 0.1) is 6.08 Å². The van der Waals surface area contributed by atoms with Crippen molar-refractivity contribution >= 4 is 17.0 Å². The van der Waals surface area contributed by atoms with Crippen LogP contribution in [0.2, 0.25) is 0 Å². The Morgan fingerprint density at radius 3 is 2.87 bits per heavy atom. The van der Waals surface area contributed by atoms with E-state index in [0.29, 0.717) is 0 Å². The van der Waals surface area contributed by atoms with E-state index in [9.17, 15) is 19.7 Å². The van der Waals surface area contributed by atoms with Gasteiger partial charge in [0.1, 0.15) is 17.8 Å². The van der Waals surface area contributed by atoms with Crippen molar-refractivity contribution < 1.29 is 24.4 Å². The minimum atomic E-state index is -1.48. The number of aliphatic hydroxyl groups excluding tert-OH is 3. The van der Waals surface area contributed by atoms with Crippen LogP contribution < -0.4 is 5.73 Å². The highest BCUT2D eigenvalue weighted by Gasteiger charge is 2.53. The van der Waals surface area contributed by atoms with E-state index in [1.807, 2.05) is 0 Å². The number of ether oxygens (including phenoxy) is 1. The smallest absolute Gasteiger partial charge is 0.312 e. The van der Waals surface area contributed by atoms with E-state index >= 15 is 0 Å². The number of aliphatic hydroxyl groups is 3. The topological polar surface area (TPSA) is 140 Å². The molecule has 1 aliphatic rings. The fourth-order valence-corrected chi connectivity index (χ4v) is 2.73. The summed E-state index contributed by atoms with van der Waals surface area (Å²) in [5.74, 6) is -0.152. The zero-order valence-electron chi connectivity index (χ0n) is 12.2. The number of aromatic nitrogens is 4. The highest BCUT2D eigenvalue weighted by atomic mass is 19.1. The van der Waals surface area contributed by atoms with Crippen LogP contribution in [0.4, 0.5) is 10.2 Å². The first-order valence-corrected chi connectivity index (χ1v) is 6.87. The average Bonchev–Trinajstić information content (AvgIpc) is 3.03. The first-order valence-electron chi connectivity index (χ1n) is 6.87. The largest absolute Gasteiger partial charge is 0.393 e. The van der Waals surface area contributed by atoms with Crippen molar-refractivity contribution in [1.82, 2.24) is 19.5 Å². The molecule has 0 bridgehead atoms. The predicted molar refractivity (Wildman–Crippen MR) is 76.5 cm³/mol. The molecule has 0 saturated carbocycles. The minimum Gasteiger partial charge on any atom is -0.393 e. The minimum absolute atomic E-state index is 0.0143. The van der Waals surface area contributed by atoms with Gasteiger partial charge in [-0.15, -0.1) is 0 Å². The summed E-state index contributed by atoms with van der Waals surface area (Å²) in [6.07, 6.45) is -0.688. The van der Waals surface area contributed by atoms with Crippen LogP contribution in [0.25, 0.3) is 11.2 Å². The highest BCUT2D eigenvalue weighted by molar-refractivity contribution is 5.81. The number of rotatable bonds is 3. The maximum absolute atomic E-state index is 13.4.